The zero-order chi connectivity index (χ0) is 30.9. The highest BCUT2D eigenvalue weighted by atomic mass is 16.5. The Morgan fingerprint density at radius 1 is 1.07 bits per heavy atom. The zero-order valence-corrected chi connectivity index (χ0v) is 24.3. The molecular formula is C31H36N4O7. The van der Waals surface area contributed by atoms with Crippen LogP contribution in [0.25, 0.3) is 0 Å². The van der Waals surface area contributed by atoms with Crippen LogP contribution >= 0.6 is 0 Å². The first kappa shape index (κ1) is 31.8. The number of aryl methyl sites for hydroxylation is 2. The summed E-state index contributed by atoms with van der Waals surface area (Å²) in [5.74, 6) is -2.27. The minimum atomic E-state index is -1.82. The van der Waals surface area contributed by atoms with E-state index in [4.69, 9.17) is 29.1 Å². The minimum absolute atomic E-state index is 0.0735. The van der Waals surface area contributed by atoms with Gasteiger partial charge in [-0.15, -0.1) is 0 Å². The second kappa shape index (κ2) is 14.2. The number of carbonyl (C=O) groups excluding carboxylic acids is 1. The predicted octanol–water partition coefficient (Wildman–Crippen LogP) is 4.21. The van der Waals surface area contributed by atoms with Gasteiger partial charge >= 0.3 is 11.9 Å². The van der Waals surface area contributed by atoms with Crippen LogP contribution in [-0.2, 0) is 26.2 Å². The van der Waals surface area contributed by atoms with Gasteiger partial charge in [-0.2, -0.15) is 4.98 Å². The Hall–Kier alpha value is -4.77. The summed E-state index contributed by atoms with van der Waals surface area (Å²) in [5.41, 5.74) is 2.78. The first-order valence-corrected chi connectivity index (χ1v) is 13.3. The number of aromatic nitrogens is 2. The number of methoxy groups -OCH3 is 1. The van der Waals surface area contributed by atoms with Crippen LogP contribution in [0.3, 0.4) is 0 Å². The van der Waals surface area contributed by atoms with Crippen molar-refractivity contribution in [3.63, 3.8) is 0 Å². The van der Waals surface area contributed by atoms with Gasteiger partial charge in [-0.05, 0) is 69.7 Å². The normalized spacial score (nSPS) is 17.6. The van der Waals surface area contributed by atoms with Crippen LogP contribution in [0.4, 0.5) is 5.69 Å². The lowest BCUT2D eigenvalue weighted by Crippen LogP contribution is -2.40. The molecule has 0 aliphatic heterocycles. The van der Waals surface area contributed by atoms with Crippen molar-refractivity contribution in [2.75, 3.05) is 33.1 Å². The van der Waals surface area contributed by atoms with E-state index in [1.807, 2.05) is 55.5 Å². The zero-order valence-electron chi connectivity index (χ0n) is 24.3. The molecule has 0 spiro atoms. The topological polar surface area (TPSA) is 155 Å². The molecule has 2 aromatic carbocycles. The first-order valence-electron chi connectivity index (χ1n) is 13.3. The first-order chi connectivity index (χ1) is 20.0. The number of amides is 1. The van der Waals surface area contributed by atoms with E-state index in [0.717, 1.165) is 36.3 Å². The molecule has 2 atom stereocenters. The largest absolute Gasteiger partial charge is 0.496 e. The van der Waals surface area contributed by atoms with Crippen molar-refractivity contribution >= 4 is 23.5 Å². The van der Waals surface area contributed by atoms with Crippen molar-refractivity contribution in [1.82, 2.24) is 15.0 Å². The standard InChI is InChI=1S/C29H34N4O3.C2H2O4/c1-20-19-29(27-30-21(2)36-32-27,16-15-25(20)22-10-7-6-8-11-22)28(34)31-24-13-14-26(35-5)23(18-24)12-9-17-33(3)4;3-1(4)2(5)6/h6-8,10-11,13-16,18-19,25H,9,12,17H2,1-5H3,(H,31,34);(H,3,4)(H,5,6). The van der Waals surface area contributed by atoms with Crippen LogP contribution in [0.1, 0.15) is 42.1 Å². The van der Waals surface area contributed by atoms with Gasteiger partial charge in [0.1, 0.15) is 11.2 Å². The van der Waals surface area contributed by atoms with Gasteiger partial charge in [0.05, 0.1) is 7.11 Å². The van der Waals surface area contributed by atoms with E-state index in [9.17, 15) is 4.79 Å². The highest BCUT2D eigenvalue weighted by Gasteiger charge is 2.43. The molecule has 3 aromatic rings. The number of nitrogens with zero attached hydrogens (tertiary/aromatic N) is 3. The molecule has 0 saturated carbocycles. The van der Waals surface area contributed by atoms with E-state index in [1.165, 1.54) is 5.56 Å². The van der Waals surface area contributed by atoms with Crippen LogP contribution in [0.2, 0.25) is 0 Å². The molecule has 2 unspecified atom stereocenters. The highest BCUT2D eigenvalue weighted by Crippen LogP contribution is 2.39. The van der Waals surface area contributed by atoms with Crippen molar-refractivity contribution < 1.29 is 33.9 Å². The van der Waals surface area contributed by atoms with Crippen LogP contribution in [0.15, 0.2) is 76.9 Å². The van der Waals surface area contributed by atoms with Gasteiger partial charge in [0.15, 0.2) is 5.82 Å². The Morgan fingerprint density at radius 2 is 1.76 bits per heavy atom. The molecule has 1 heterocycles. The third-order valence-corrected chi connectivity index (χ3v) is 6.70. The van der Waals surface area contributed by atoms with E-state index in [0.29, 0.717) is 17.4 Å². The van der Waals surface area contributed by atoms with Gasteiger partial charge < -0.3 is 29.7 Å². The quantitative estimate of drug-likeness (QED) is 0.249. The fraction of sp³-hybridized carbons (Fsp3) is 0.323. The molecule has 0 fully saturated rings. The van der Waals surface area contributed by atoms with E-state index in [2.05, 4.69) is 52.7 Å². The van der Waals surface area contributed by atoms with E-state index < -0.39 is 17.4 Å². The molecule has 222 valence electrons. The predicted molar refractivity (Wildman–Crippen MR) is 157 cm³/mol. The van der Waals surface area contributed by atoms with Gasteiger partial charge in [0, 0.05) is 18.5 Å². The number of hydrogen-bond acceptors (Lipinski definition) is 8. The monoisotopic (exact) mass is 576 g/mol. The molecule has 0 radical (unpaired) electrons. The summed E-state index contributed by atoms with van der Waals surface area (Å²) in [6, 6.07) is 16.0. The van der Waals surface area contributed by atoms with E-state index in [-0.39, 0.29) is 11.8 Å². The number of carbonyl (C=O) groups is 3. The summed E-state index contributed by atoms with van der Waals surface area (Å²) >= 11 is 0. The number of nitrogens with one attached hydrogen (secondary N) is 1. The average Bonchev–Trinajstić information content (AvgIpc) is 3.40. The fourth-order valence-corrected chi connectivity index (χ4v) is 4.65. The van der Waals surface area contributed by atoms with Gasteiger partial charge in [-0.3, -0.25) is 4.79 Å². The Bertz CT molecular complexity index is 1450. The van der Waals surface area contributed by atoms with Crippen LogP contribution < -0.4 is 10.1 Å². The summed E-state index contributed by atoms with van der Waals surface area (Å²) in [5, 5.41) is 22.0. The maximum Gasteiger partial charge on any atom is 0.414 e. The summed E-state index contributed by atoms with van der Waals surface area (Å²) in [7, 11) is 5.78. The summed E-state index contributed by atoms with van der Waals surface area (Å²) in [4.78, 5) is 38.7. The second-order valence-corrected chi connectivity index (χ2v) is 10.1. The minimum Gasteiger partial charge on any atom is -0.496 e. The van der Waals surface area contributed by atoms with Gasteiger partial charge in [-0.1, -0.05) is 59.3 Å². The highest BCUT2D eigenvalue weighted by molar-refractivity contribution is 6.27. The van der Waals surface area contributed by atoms with E-state index >= 15 is 0 Å². The molecule has 0 saturated heterocycles. The van der Waals surface area contributed by atoms with Crippen LogP contribution in [0, 0.1) is 6.92 Å². The Kier molecular flexibility index (Phi) is 10.8. The third-order valence-electron chi connectivity index (χ3n) is 6.70. The molecular weight excluding hydrogens is 540 g/mol. The van der Waals surface area contributed by atoms with Crippen LogP contribution in [0.5, 0.6) is 5.75 Å². The Morgan fingerprint density at radius 3 is 2.31 bits per heavy atom. The number of carboxylic acid groups (broad SMARTS) is 2. The van der Waals surface area contributed by atoms with Crippen LogP contribution in [-0.4, -0.2) is 70.8 Å². The van der Waals surface area contributed by atoms with Crippen molar-refractivity contribution in [2.24, 2.45) is 0 Å². The Labute approximate surface area is 244 Å². The molecule has 1 amide bonds. The van der Waals surface area contributed by atoms with Crippen molar-refractivity contribution in [1.29, 1.82) is 0 Å². The van der Waals surface area contributed by atoms with Crippen molar-refractivity contribution in [2.45, 2.75) is 38.0 Å². The molecule has 42 heavy (non-hydrogen) atoms. The molecule has 1 aliphatic carbocycles. The number of anilines is 1. The number of allylic oxidation sites excluding steroid dienone is 2. The number of hydrogen-bond donors (Lipinski definition) is 3. The molecule has 11 nitrogen and oxygen atoms in total. The number of benzene rings is 2. The molecule has 3 N–H and O–H groups in total. The Balaban J connectivity index is 0.000000730. The van der Waals surface area contributed by atoms with Crippen molar-refractivity contribution in [3.05, 3.63) is 95.2 Å². The molecule has 0 bridgehead atoms. The summed E-state index contributed by atoms with van der Waals surface area (Å²) in [6.07, 6.45) is 7.72. The fourth-order valence-electron chi connectivity index (χ4n) is 4.65. The molecule has 1 aliphatic rings. The number of carboxylic acids is 2. The number of ether oxygens (including phenoxy) is 1. The van der Waals surface area contributed by atoms with E-state index in [1.54, 1.807) is 14.0 Å². The summed E-state index contributed by atoms with van der Waals surface area (Å²) < 4.78 is 10.8. The SMILES string of the molecule is COc1ccc(NC(=O)C2(c3noc(C)n3)C=CC(c3ccccc3)C(C)=C2)cc1CCCN(C)C.O=C(O)C(=O)O. The summed E-state index contributed by atoms with van der Waals surface area (Å²) in [6.45, 7) is 4.73. The van der Waals surface area contributed by atoms with Gasteiger partial charge in [-0.25, -0.2) is 9.59 Å². The van der Waals surface area contributed by atoms with Crippen molar-refractivity contribution in [3.8, 4) is 5.75 Å². The van der Waals surface area contributed by atoms with Gasteiger partial charge in [0.2, 0.25) is 11.8 Å². The number of aliphatic carboxylic acids is 2. The maximum atomic E-state index is 13.9. The third kappa shape index (κ3) is 7.91. The molecule has 11 heteroatoms. The average molecular weight is 577 g/mol. The smallest absolute Gasteiger partial charge is 0.414 e. The lowest BCUT2D eigenvalue weighted by atomic mass is 9.75. The lowest BCUT2D eigenvalue weighted by molar-refractivity contribution is -0.159. The lowest BCUT2D eigenvalue weighted by Gasteiger charge is -2.30. The number of rotatable bonds is 9. The van der Waals surface area contributed by atoms with Gasteiger partial charge in [0.25, 0.3) is 0 Å². The maximum absolute atomic E-state index is 13.9. The molecule has 4 rings (SSSR count). The second-order valence-electron chi connectivity index (χ2n) is 10.1. The molecule has 1 aromatic heterocycles.